The summed E-state index contributed by atoms with van der Waals surface area (Å²) >= 11 is 1.36. The molecule has 0 heterocycles. The monoisotopic (exact) mass is 458 g/mol. The SMILES string of the molecule is CC(C)(C)OC(=O)[C@@](C)(Cc1ccc(C(F)(F)F)cc1)C(=O)OI. The van der Waals surface area contributed by atoms with Gasteiger partial charge in [-0.25, -0.2) is 0 Å². The summed E-state index contributed by atoms with van der Waals surface area (Å²) in [6.45, 7) is 6.30. The lowest BCUT2D eigenvalue weighted by atomic mass is 9.83. The van der Waals surface area contributed by atoms with E-state index >= 15 is 0 Å². The molecule has 0 aromatic heterocycles. The number of halogens is 4. The minimum atomic E-state index is -4.45. The Kier molecular flexibility index (Phi) is 6.29. The predicted octanol–water partition coefficient (Wildman–Crippen LogP) is 4.49. The highest BCUT2D eigenvalue weighted by Crippen LogP contribution is 2.32. The number of esters is 1. The predicted molar refractivity (Wildman–Crippen MR) is 89.2 cm³/mol. The second kappa shape index (κ2) is 7.28. The zero-order chi connectivity index (χ0) is 18.8. The third-order valence-electron chi connectivity index (χ3n) is 3.21. The Morgan fingerprint density at radius 1 is 1.00 bits per heavy atom. The summed E-state index contributed by atoms with van der Waals surface area (Å²) in [5.74, 6) is -1.62. The molecule has 0 aliphatic carbocycles. The summed E-state index contributed by atoms with van der Waals surface area (Å²) < 4.78 is 47.7. The molecule has 0 aliphatic rings. The van der Waals surface area contributed by atoms with Gasteiger partial charge in [0.25, 0.3) is 0 Å². The van der Waals surface area contributed by atoms with Crippen LogP contribution in [0.1, 0.15) is 38.8 Å². The van der Waals surface area contributed by atoms with E-state index in [-0.39, 0.29) is 6.42 Å². The van der Waals surface area contributed by atoms with Gasteiger partial charge < -0.3 is 7.80 Å². The van der Waals surface area contributed by atoms with Crippen molar-refractivity contribution in [3.05, 3.63) is 35.4 Å². The highest BCUT2D eigenvalue weighted by molar-refractivity contribution is 14.1. The van der Waals surface area contributed by atoms with E-state index in [0.717, 1.165) is 12.1 Å². The van der Waals surface area contributed by atoms with Gasteiger partial charge in [0.2, 0.25) is 0 Å². The van der Waals surface area contributed by atoms with E-state index in [1.54, 1.807) is 20.8 Å². The second-order valence-electron chi connectivity index (χ2n) is 6.57. The maximum Gasteiger partial charge on any atom is 0.416 e. The fourth-order valence-corrected chi connectivity index (χ4v) is 2.41. The third kappa shape index (κ3) is 5.35. The van der Waals surface area contributed by atoms with Crippen LogP contribution in [-0.4, -0.2) is 17.5 Å². The largest absolute Gasteiger partial charge is 0.459 e. The molecule has 1 rings (SSSR count). The number of rotatable bonds is 4. The van der Waals surface area contributed by atoms with Crippen molar-refractivity contribution in [2.45, 2.75) is 45.9 Å². The van der Waals surface area contributed by atoms with E-state index < -0.39 is 34.7 Å². The average molecular weight is 458 g/mol. The van der Waals surface area contributed by atoms with E-state index in [0.29, 0.717) is 5.56 Å². The van der Waals surface area contributed by atoms with Gasteiger partial charge in [0, 0.05) is 0 Å². The van der Waals surface area contributed by atoms with Crippen molar-refractivity contribution in [2.75, 3.05) is 0 Å². The van der Waals surface area contributed by atoms with Crippen LogP contribution in [-0.2, 0) is 30.0 Å². The molecule has 0 N–H and O–H groups in total. The number of alkyl halides is 3. The fraction of sp³-hybridized carbons (Fsp3) is 0.500. The summed E-state index contributed by atoms with van der Waals surface area (Å²) in [4.78, 5) is 24.5. The number of ether oxygens (including phenoxy) is 1. The van der Waals surface area contributed by atoms with Crippen LogP contribution in [0, 0.1) is 5.41 Å². The van der Waals surface area contributed by atoms with E-state index in [9.17, 15) is 22.8 Å². The molecule has 0 spiro atoms. The Bertz CT molecular complexity index is 605. The summed E-state index contributed by atoms with van der Waals surface area (Å²) in [7, 11) is 0. The van der Waals surface area contributed by atoms with Gasteiger partial charge in [-0.05, 0) is 51.8 Å². The van der Waals surface area contributed by atoms with Crippen molar-refractivity contribution in [1.82, 2.24) is 0 Å². The molecule has 0 amide bonds. The molecule has 0 saturated heterocycles. The van der Waals surface area contributed by atoms with Gasteiger partial charge in [-0.3, -0.25) is 9.59 Å². The van der Waals surface area contributed by atoms with Crippen molar-refractivity contribution in [3.63, 3.8) is 0 Å². The molecular formula is C16H18F3IO4. The van der Waals surface area contributed by atoms with Gasteiger partial charge in [0.15, 0.2) is 28.4 Å². The van der Waals surface area contributed by atoms with Crippen molar-refractivity contribution in [2.24, 2.45) is 5.41 Å². The number of benzene rings is 1. The maximum absolute atomic E-state index is 12.6. The molecule has 134 valence electrons. The lowest BCUT2D eigenvalue weighted by Gasteiger charge is -2.29. The van der Waals surface area contributed by atoms with E-state index in [1.807, 2.05) is 0 Å². The van der Waals surface area contributed by atoms with Gasteiger partial charge in [0.1, 0.15) is 5.60 Å². The molecule has 0 bridgehead atoms. The van der Waals surface area contributed by atoms with Crippen molar-refractivity contribution >= 4 is 34.9 Å². The van der Waals surface area contributed by atoms with Crippen LogP contribution in [0.4, 0.5) is 13.2 Å². The molecular weight excluding hydrogens is 440 g/mol. The molecule has 24 heavy (non-hydrogen) atoms. The van der Waals surface area contributed by atoms with Crippen LogP contribution < -0.4 is 0 Å². The van der Waals surface area contributed by atoms with Crippen LogP contribution in [0.15, 0.2) is 24.3 Å². The zero-order valence-corrected chi connectivity index (χ0v) is 15.8. The highest BCUT2D eigenvalue weighted by Gasteiger charge is 2.46. The zero-order valence-electron chi connectivity index (χ0n) is 13.7. The lowest BCUT2D eigenvalue weighted by Crippen LogP contribution is -2.43. The Morgan fingerprint density at radius 2 is 1.50 bits per heavy atom. The molecule has 0 fully saturated rings. The van der Waals surface area contributed by atoms with Crippen molar-refractivity contribution in [3.8, 4) is 0 Å². The van der Waals surface area contributed by atoms with E-state index in [2.05, 4.69) is 3.07 Å². The Balaban J connectivity index is 3.10. The molecule has 0 aliphatic heterocycles. The number of carbonyl (C=O) groups excluding carboxylic acids is 2. The van der Waals surface area contributed by atoms with Crippen LogP contribution in [0.3, 0.4) is 0 Å². The second-order valence-corrected chi connectivity index (χ2v) is 7.01. The summed E-state index contributed by atoms with van der Waals surface area (Å²) in [5, 5.41) is 0. The van der Waals surface area contributed by atoms with Crippen molar-refractivity contribution < 1.29 is 30.6 Å². The Labute approximate surface area is 152 Å². The first-order valence-electron chi connectivity index (χ1n) is 7.02. The van der Waals surface area contributed by atoms with E-state index in [1.165, 1.54) is 42.1 Å². The molecule has 1 atom stereocenters. The van der Waals surface area contributed by atoms with Crippen LogP contribution >= 0.6 is 23.0 Å². The molecule has 4 nitrogen and oxygen atoms in total. The quantitative estimate of drug-likeness (QED) is 0.379. The van der Waals surface area contributed by atoms with Crippen LogP contribution in [0.25, 0.3) is 0 Å². The van der Waals surface area contributed by atoms with Gasteiger partial charge in [-0.15, -0.1) is 0 Å². The smallest absolute Gasteiger partial charge is 0.416 e. The molecule has 0 saturated carbocycles. The minimum Gasteiger partial charge on any atom is -0.459 e. The molecule has 1 aromatic carbocycles. The number of carbonyl (C=O) groups is 2. The first-order chi connectivity index (χ1) is 10.8. The molecule has 1 aromatic rings. The normalized spacial score (nSPS) is 14.7. The molecule has 8 heteroatoms. The summed E-state index contributed by atoms with van der Waals surface area (Å²) in [6.07, 6.45) is -4.59. The first kappa shape index (κ1) is 20.7. The first-order valence-corrected chi connectivity index (χ1v) is 7.90. The van der Waals surface area contributed by atoms with Crippen LogP contribution in [0.2, 0.25) is 0 Å². The lowest BCUT2D eigenvalue weighted by molar-refractivity contribution is -0.173. The molecule has 0 unspecified atom stereocenters. The van der Waals surface area contributed by atoms with Crippen molar-refractivity contribution in [1.29, 1.82) is 0 Å². The summed E-state index contributed by atoms with van der Waals surface area (Å²) in [5.41, 5.74) is -2.89. The van der Waals surface area contributed by atoms with Crippen LogP contribution in [0.5, 0.6) is 0 Å². The average Bonchev–Trinajstić information content (AvgIpc) is 2.44. The third-order valence-corrected chi connectivity index (χ3v) is 3.61. The highest BCUT2D eigenvalue weighted by atomic mass is 127. The van der Waals surface area contributed by atoms with Gasteiger partial charge in [-0.1, -0.05) is 12.1 Å². The van der Waals surface area contributed by atoms with Gasteiger partial charge in [0.05, 0.1) is 5.56 Å². The topological polar surface area (TPSA) is 52.6 Å². The maximum atomic E-state index is 12.6. The van der Waals surface area contributed by atoms with Gasteiger partial charge in [-0.2, -0.15) is 13.2 Å². The minimum absolute atomic E-state index is 0.137. The molecule has 0 radical (unpaired) electrons. The Hall–Kier alpha value is -1.32. The summed E-state index contributed by atoms with van der Waals surface area (Å²) in [6, 6.07) is 4.26. The standard InChI is InChI=1S/C16H18F3IO4/c1-14(2,3)23-12(21)15(4,13(22)24-20)9-10-5-7-11(8-6-10)16(17,18)19/h5-8H,9H2,1-4H3/t15-/m1/s1. The number of hydrogen-bond acceptors (Lipinski definition) is 4. The number of hydrogen-bond donors (Lipinski definition) is 0. The van der Waals surface area contributed by atoms with Gasteiger partial charge >= 0.3 is 18.1 Å². The Morgan fingerprint density at radius 3 is 1.88 bits per heavy atom. The fourth-order valence-electron chi connectivity index (χ4n) is 1.92. The van der Waals surface area contributed by atoms with E-state index in [4.69, 9.17) is 4.74 Å².